The number of likely N-dealkylation sites (tertiary alicyclic amines) is 1. The minimum atomic E-state index is 0.378. The molecule has 130 valence electrons. The Morgan fingerprint density at radius 3 is 2.62 bits per heavy atom. The van der Waals surface area contributed by atoms with Crippen molar-refractivity contribution < 1.29 is 0 Å². The molecule has 2 aliphatic heterocycles. The van der Waals surface area contributed by atoms with Crippen LogP contribution < -0.4 is 5.32 Å². The summed E-state index contributed by atoms with van der Waals surface area (Å²) in [6.45, 7) is 16.1. The third kappa shape index (κ3) is 2.56. The summed E-state index contributed by atoms with van der Waals surface area (Å²) in [6, 6.07) is 4.81. The molecule has 2 saturated heterocycles. The van der Waals surface area contributed by atoms with Gasteiger partial charge in [-0.15, -0.1) is 0 Å². The van der Waals surface area contributed by atoms with Gasteiger partial charge in [-0.3, -0.25) is 0 Å². The van der Waals surface area contributed by atoms with Crippen molar-refractivity contribution >= 4 is 11.0 Å². The van der Waals surface area contributed by atoms with Gasteiger partial charge in [0.2, 0.25) is 0 Å². The minimum Gasteiger partial charge on any atom is -0.360 e. The number of rotatable bonds is 3. The Morgan fingerprint density at radius 1 is 1.29 bits per heavy atom. The van der Waals surface area contributed by atoms with E-state index in [2.05, 4.69) is 68.1 Å². The molecule has 24 heavy (non-hydrogen) atoms. The molecule has 2 fully saturated rings. The third-order valence-corrected chi connectivity index (χ3v) is 5.54. The Kier molecular flexibility index (Phi) is 3.56. The largest absolute Gasteiger partial charge is 0.360 e. The van der Waals surface area contributed by atoms with Crippen molar-refractivity contribution in [1.29, 1.82) is 0 Å². The number of fused-ring (bicyclic) bond motifs is 1. The number of H-pyrrole nitrogens is 1. The number of pyridine rings is 1. The molecule has 1 unspecified atom stereocenters. The molecule has 2 aromatic rings. The van der Waals surface area contributed by atoms with Crippen molar-refractivity contribution in [2.24, 2.45) is 10.8 Å². The summed E-state index contributed by atoms with van der Waals surface area (Å²) in [5.74, 6) is 0.496. The highest BCUT2D eigenvalue weighted by Crippen LogP contribution is 2.48. The second kappa shape index (κ2) is 5.30. The molecule has 4 heterocycles. The van der Waals surface area contributed by atoms with Gasteiger partial charge in [-0.05, 0) is 29.0 Å². The first-order valence-electron chi connectivity index (χ1n) is 9.21. The van der Waals surface area contributed by atoms with E-state index in [4.69, 9.17) is 4.98 Å². The molecule has 0 saturated carbocycles. The Hall–Kier alpha value is -1.39. The van der Waals surface area contributed by atoms with Crippen LogP contribution in [-0.4, -0.2) is 41.0 Å². The summed E-state index contributed by atoms with van der Waals surface area (Å²) >= 11 is 0. The molecule has 1 atom stereocenters. The van der Waals surface area contributed by atoms with Gasteiger partial charge in [-0.25, -0.2) is 4.98 Å². The van der Waals surface area contributed by atoms with Crippen molar-refractivity contribution in [2.45, 2.75) is 46.6 Å². The predicted octanol–water partition coefficient (Wildman–Crippen LogP) is 3.68. The lowest BCUT2D eigenvalue weighted by Crippen LogP contribution is -2.72. The summed E-state index contributed by atoms with van der Waals surface area (Å²) in [4.78, 5) is 11.0. The smallest absolute Gasteiger partial charge is 0.0917 e. The molecular weight excluding hydrogens is 296 g/mol. The summed E-state index contributed by atoms with van der Waals surface area (Å²) in [7, 11) is 0. The number of nitrogens with one attached hydrogen (secondary N) is 2. The van der Waals surface area contributed by atoms with Crippen LogP contribution in [0.3, 0.4) is 0 Å². The Balaban J connectivity index is 1.55. The van der Waals surface area contributed by atoms with Crippen LogP contribution in [0.1, 0.15) is 57.8 Å². The zero-order chi connectivity index (χ0) is 17.1. The Labute approximate surface area is 145 Å². The molecule has 4 heteroatoms. The Morgan fingerprint density at radius 2 is 2.04 bits per heavy atom. The van der Waals surface area contributed by atoms with E-state index in [-0.39, 0.29) is 0 Å². The maximum absolute atomic E-state index is 5.04. The average molecular weight is 326 g/mol. The summed E-state index contributed by atoms with van der Waals surface area (Å²) in [6.07, 6.45) is 2.12. The van der Waals surface area contributed by atoms with E-state index < -0.39 is 0 Å². The van der Waals surface area contributed by atoms with Crippen molar-refractivity contribution in [1.82, 2.24) is 20.2 Å². The molecule has 4 rings (SSSR count). The highest BCUT2D eigenvalue weighted by Gasteiger charge is 2.55. The van der Waals surface area contributed by atoms with E-state index in [0.717, 1.165) is 17.6 Å². The molecule has 1 spiro atoms. The van der Waals surface area contributed by atoms with E-state index in [1.54, 1.807) is 0 Å². The predicted molar refractivity (Wildman–Crippen MR) is 99.3 cm³/mol. The van der Waals surface area contributed by atoms with Crippen LogP contribution in [0.25, 0.3) is 11.0 Å². The van der Waals surface area contributed by atoms with E-state index in [0.29, 0.717) is 22.8 Å². The van der Waals surface area contributed by atoms with E-state index in [1.165, 1.54) is 30.9 Å². The van der Waals surface area contributed by atoms with Crippen LogP contribution in [0.15, 0.2) is 18.3 Å². The number of nitrogens with zero attached hydrogens (tertiary/aromatic N) is 2. The molecule has 4 nitrogen and oxygen atoms in total. The molecule has 2 aromatic heterocycles. The van der Waals surface area contributed by atoms with Gasteiger partial charge in [0.15, 0.2) is 0 Å². The van der Waals surface area contributed by atoms with Crippen molar-refractivity contribution in [3.8, 4) is 0 Å². The standard InChI is InChI=1S/C20H30N4/c1-13(2)14-8-21-15-6-7-16(23-17(14)15)18-20(9-22-18)11-24(12-20)10-19(3,4)5/h6-8,13,18,21-22H,9-12H2,1-5H3. The molecule has 0 radical (unpaired) electrons. The summed E-state index contributed by atoms with van der Waals surface area (Å²) in [5.41, 5.74) is 5.62. The van der Waals surface area contributed by atoms with Crippen LogP contribution in [0.2, 0.25) is 0 Å². The fraction of sp³-hybridized carbons (Fsp3) is 0.650. The van der Waals surface area contributed by atoms with Gasteiger partial charge in [0.05, 0.1) is 22.8 Å². The number of hydrogen-bond donors (Lipinski definition) is 2. The maximum Gasteiger partial charge on any atom is 0.0917 e. The van der Waals surface area contributed by atoms with Crippen molar-refractivity contribution in [3.05, 3.63) is 29.6 Å². The topological polar surface area (TPSA) is 44.0 Å². The third-order valence-electron chi connectivity index (χ3n) is 5.54. The zero-order valence-electron chi connectivity index (χ0n) is 15.6. The molecule has 2 N–H and O–H groups in total. The molecular formula is C20H30N4. The monoisotopic (exact) mass is 326 g/mol. The van der Waals surface area contributed by atoms with E-state index in [9.17, 15) is 0 Å². The van der Waals surface area contributed by atoms with Gasteiger partial charge < -0.3 is 15.2 Å². The number of aromatic amines is 1. The number of aromatic nitrogens is 2. The lowest BCUT2D eigenvalue weighted by Gasteiger charge is -2.61. The lowest BCUT2D eigenvalue weighted by atomic mass is 9.65. The van der Waals surface area contributed by atoms with Crippen LogP contribution in [0.5, 0.6) is 0 Å². The van der Waals surface area contributed by atoms with Gasteiger partial charge >= 0.3 is 0 Å². The lowest BCUT2D eigenvalue weighted by molar-refractivity contribution is -0.0942. The average Bonchev–Trinajstić information content (AvgIpc) is 2.83. The first kappa shape index (κ1) is 16.1. The first-order chi connectivity index (χ1) is 11.3. The van der Waals surface area contributed by atoms with Gasteiger partial charge in [-0.2, -0.15) is 0 Å². The maximum atomic E-state index is 5.04. The quantitative estimate of drug-likeness (QED) is 0.904. The fourth-order valence-corrected chi connectivity index (χ4v) is 4.47. The van der Waals surface area contributed by atoms with E-state index in [1.807, 2.05) is 0 Å². The molecule has 0 bridgehead atoms. The molecule has 0 amide bonds. The second-order valence-corrected chi connectivity index (χ2v) is 9.41. The van der Waals surface area contributed by atoms with Gasteiger partial charge in [0.25, 0.3) is 0 Å². The summed E-state index contributed by atoms with van der Waals surface area (Å²) < 4.78 is 0. The highest BCUT2D eigenvalue weighted by molar-refractivity contribution is 5.79. The van der Waals surface area contributed by atoms with Crippen LogP contribution in [0.4, 0.5) is 0 Å². The van der Waals surface area contributed by atoms with Crippen LogP contribution in [-0.2, 0) is 0 Å². The highest BCUT2D eigenvalue weighted by atomic mass is 15.3. The van der Waals surface area contributed by atoms with E-state index >= 15 is 0 Å². The first-order valence-corrected chi connectivity index (χ1v) is 9.21. The summed E-state index contributed by atoms with van der Waals surface area (Å²) in [5, 5.41) is 3.64. The van der Waals surface area contributed by atoms with Crippen LogP contribution in [0, 0.1) is 10.8 Å². The second-order valence-electron chi connectivity index (χ2n) is 9.41. The van der Waals surface area contributed by atoms with Crippen LogP contribution >= 0.6 is 0 Å². The number of hydrogen-bond acceptors (Lipinski definition) is 3. The molecule has 2 aliphatic rings. The van der Waals surface area contributed by atoms with Gasteiger partial charge in [0.1, 0.15) is 0 Å². The SMILES string of the molecule is CC(C)c1c[nH]c2ccc(C3NCC34CN(CC(C)(C)C)C4)nc12. The normalized spacial score (nSPS) is 23.7. The van der Waals surface area contributed by atoms with Crippen molar-refractivity contribution in [2.75, 3.05) is 26.2 Å². The molecule has 0 aromatic carbocycles. The fourth-order valence-electron chi connectivity index (χ4n) is 4.47. The van der Waals surface area contributed by atoms with Gasteiger partial charge in [-0.1, -0.05) is 34.6 Å². The zero-order valence-corrected chi connectivity index (χ0v) is 15.6. The Bertz CT molecular complexity index is 747. The van der Waals surface area contributed by atoms with Crippen molar-refractivity contribution in [3.63, 3.8) is 0 Å². The van der Waals surface area contributed by atoms with Gasteiger partial charge in [0, 0.05) is 37.8 Å². The minimum absolute atomic E-state index is 0.378. The molecule has 0 aliphatic carbocycles.